The first kappa shape index (κ1) is 27.9. The zero-order valence-electron chi connectivity index (χ0n) is 22.5. The molecule has 0 aliphatic heterocycles. The minimum absolute atomic E-state index is 0.0303. The summed E-state index contributed by atoms with van der Waals surface area (Å²) in [6, 6.07) is 25.7. The van der Waals surface area contributed by atoms with Crippen molar-refractivity contribution in [1.29, 1.82) is 0 Å². The van der Waals surface area contributed by atoms with Crippen LogP contribution < -0.4 is 5.32 Å². The quantitative estimate of drug-likeness (QED) is 0.134. The van der Waals surface area contributed by atoms with Gasteiger partial charge in [-0.2, -0.15) is 5.21 Å². The molecule has 0 aliphatic rings. The monoisotopic (exact) mass is 525 g/mol. The molecule has 8 nitrogen and oxygen atoms in total. The Morgan fingerprint density at radius 2 is 1.56 bits per heavy atom. The lowest BCUT2D eigenvalue weighted by Crippen LogP contribution is -2.42. The number of benzene rings is 3. The molecule has 0 saturated heterocycles. The van der Waals surface area contributed by atoms with Crippen molar-refractivity contribution in [2.45, 2.75) is 58.5 Å². The molecule has 0 radical (unpaired) electrons. The van der Waals surface area contributed by atoms with Crippen LogP contribution >= 0.6 is 0 Å². The zero-order valence-corrected chi connectivity index (χ0v) is 22.5. The number of esters is 2. The van der Waals surface area contributed by atoms with Crippen LogP contribution in [0.15, 0.2) is 78.9 Å². The number of aryl methyl sites for hydroxylation is 1. The van der Waals surface area contributed by atoms with Gasteiger partial charge in [-0.1, -0.05) is 99.1 Å². The zero-order chi connectivity index (χ0) is 27.5. The van der Waals surface area contributed by atoms with Gasteiger partial charge in [0, 0.05) is 18.5 Å². The average Bonchev–Trinajstić information content (AvgIpc) is 3.49. The number of carbonyl (C=O) groups excluding carboxylic acids is 2. The molecule has 39 heavy (non-hydrogen) atoms. The van der Waals surface area contributed by atoms with E-state index in [1.165, 1.54) is 5.56 Å². The molecule has 0 spiro atoms. The van der Waals surface area contributed by atoms with E-state index in [0.717, 1.165) is 41.5 Å². The van der Waals surface area contributed by atoms with Gasteiger partial charge >= 0.3 is 11.9 Å². The van der Waals surface area contributed by atoms with Gasteiger partial charge in [0.15, 0.2) is 0 Å². The smallest absolute Gasteiger partial charge is 0.331 e. The lowest BCUT2D eigenvalue weighted by molar-refractivity contribution is -0.162. The van der Waals surface area contributed by atoms with Crippen LogP contribution in [-0.2, 0) is 27.3 Å². The van der Waals surface area contributed by atoms with Crippen molar-refractivity contribution >= 4 is 11.9 Å². The maximum atomic E-state index is 12.8. The summed E-state index contributed by atoms with van der Waals surface area (Å²) in [5.41, 5.74) is 5.22. The largest absolute Gasteiger partial charge is 0.392 e. The van der Waals surface area contributed by atoms with Gasteiger partial charge in [-0.3, -0.25) is 4.79 Å². The minimum Gasteiger partial charge on any atom is -0.392 e. The van der Waals surface area contributed by atoms with Crippen molar-refractivity contribution in [1.82, 2.24) is 25.9 Å². The van der Waals surface area contributed by atoms with Crippen molar-refractivity contribution < 1.29 is 14.3 Å². The van der Waals surface area contributed by atoms with Gasteiger partial charge in [-0.25, -0.2) is 4.79 Å². The van der Waals surface area contributed by atoms with Crippen LogP contribution in [0.5, 0.6) is 0 Å². The number of unbranched alkanes of at least 4 members (excludes halogenated alkanes) is 2. The minimum atomic E-state index is -0.578. The summed E-state index contributed by atoms with van der Waals surface area (Å²) >= 11 is 0. The lowest BCUT2D eigenvalue weighted by atomic mass is 9.98. The van der Waals surface area contributed by atoms with Gasteiger partial charge in [-0.05, 0) is 52.6 Å². The van der Waals surface area contributed by atoms with E-state index in [1.54, 1.807) is 0 Å². The van der Waals surface area contributed by atoms with Crippen LogP contribution in [0, 0.1) is 5.92 Å². The first-order valence-electron chi connectivity index (χ1n) is 13.4. The second-order valence-corrected chi connectivity index (χ2v) is 9.92. The van der Waals surface area contributed by atoms with Crippen molar-refractivity contribution in [2.24, 2.45) is 5.92 Å². The molecule has 1 atom stereocenters. The number of nitrogens with one attached hydrogen (secondary N) is 2. The highest BCUT2D eigenvalue weighted by molar-refractivity contribution is 5.88. The van der Waals surface area contributed by atoms with Crippen molar-refractivity contribution in [2.75, 3.05) is 0 Å². The van der Waals surface area contributed by atoms with Gasteiger partial charge in [0.25, 0.3) is 0 Å². The Bertz CT molecular complexity index is 1320. The van der Waals surface area contributed by atoms with Crippen LogP contribution in [0.1, 0.15) is 50.7 Å². The molecule has 0 amide bonds. The number of ether oxygens (including phenoxy) is 1. The molecule has 1 heterocycles. The molecule has 202 valence electrons. The van der Waals surface area contributed by atoms with Gasteiger partial charge < -0.3 is 10.1 Å². The van der Waals surface area contributed by atoms with E-state index in [0.29, 0.717) is 18.8 Å². The molecular weight excluding hydrogens is 490 g/mol. The molecule has 0 fully saturated rings. The van der Waals surface area contributed by atoms with Crippen molar-refractivity contribution in [3.8, 4) is 22.5 Å². The summed E-state index contributed by atoms with van der Waals surface area (Å²) in [7, 11) is 0. The number of hydrogen-bond acceptors (Lipinski definition) is 7. The van der Waals surface area contributed by atoms with Crippen LogP contribution in [0.2, 0.25) is 0 Å². The molecular formula is C31H35N5O3. The number of nitrogens with zero attached hydrogens (tertiary/aromatic N) is 3. The van der Waals surface area contributed by atoms with E-state index in [2.05, 4.69) is 38.1 Å². The van der Waals surface area contributed by atoms with Crippen LogP contribution in [-0.4, -0.2) is 38.6 Å². The summed E-state index contributed by atoms with van der Waals surface area (Å²) < 4.78 is 5.19. The molecule has 0 unspecified atom stereocenters. The average molecular weight is 526 g/mol. The van der Waals surface area contributed by atoms with Crippen molar-refractivity contribution in [3.63, 3.8) is 0 Å². The predicted octanol–water partition coefficient (Wildman–Crippen LogP) is 5.52. The van der Waals surface area contributed by atoms with Gasteiger partial charge in [0.1, 0.15) is 6.04 Å². The summed E-state index contributed by atoms with van der Waals surface area (Å²) in [5, 5.41) is 17.6. The Morgan fingerprint density at radius 1 is 0.846 bits per heavy atom. The summed E-state index contributed by atoms with van der Waals surface area (Å²) in [5.74, 6) is -0.477. The van der Waals surface area contributed by atoms with Gasteiger partial charge in [-0.15, -0.1) is 10.2 Å². The topological polar surface area (TPSA) is 110 Å². The fourth-order valence-electron chi connectivity index (χ4n) is 4.47. The maximum absolute atomic E-state index is 12.8. The third-order valence-electron chi connectivity index (χ3n) is 6.63. The van der Waals surface area contributed by atoms with E-state index < -0.39 is 18.0 Å². The Labute approximate surface area is 229 Å². The number of aromatic amines is 1. The number of hydrogen-bond donors (Lipinski definition) is 2. The molecule has 4 aromatic rings. The highest BCUT2D eigenvalue weighted by Gasteiger charge is 2.25. The predicted molar refractivity (Wildman–Crippen MR) is 150 cm³/mol. The van der Waals surface area contributed by atoms with Crippen LogP contribution in [0.4, 0.5) is 0 Å². The Kier molecular flexibility index (Phi) is 10.1. The van der Waals surface area contributed by atoms with Crippen LogP contribution in [0.25, 0.3) is 22.5 Å². The summed E-state index contributed by atoms with van der Waals surface area (Å²) in [6.07, 6.45) is 3.86. The number of aromatic nitrogens is 4. The van der Waals surface area contributed by atoms with E-state index in [9.17, 15) is 9.59 Å². The maximum Gasteiger partial charge on any atom is 0.331 e. The fraction of sp³-hybridized carbons (Fsp3) is 0.323. The third kappa shape index (κ3) is 8.15. The fourth-order valence-corrected chi connectivity index (χ4v) is 4.47. The number of carbonyl (C=O) groups is 2. The molecule has 3 aromatic carbocycles. The van der Waals surface area contributed by atoms with Crippen LogP contribution in [0.3, 0.4) is 0 Å². The SMILES string of the molecule is CC(C)[C@H](NCc1ccc(-c2ccccc2-c2nn[nH]n2)cc1)C(=O)OC(=O)CCCCCc1ccccc1. The standard InChI is InChI=1S/C31H35N5O3/c1-22(2)29(31(38)39-28(37)16-8-4-7-13-23-11-5-3-6-12-23)32-21-24-17-19-25(20-18-24)26-14-9-10-15-27(26)30-33-35-36-34-30/h3,5-6,9-12,14-15,17-20,22,29,32H,4,7-8,13,16,21H2,1-2H3,(H,33,34,35,36)/t29-/m0/s1. The number of rotatable bonds is 13. The normalized spacial score (nSPS) is 11.9. The first-order valence-corrected chi connectivity index (χ1v) is 13.4. The van der Waals surface area contributed by atoms with E-state index in [-0.39, 0.29) is 12.3 Å². The highest BCUT2D eigenvalue weighted by atomic mass is 16.6. The van der Waals surface area contributed by atoms with Gasteiger partial charge in [0.05, 0.1) is 0 Å². The Hall–Kier alpha value is -4.17. The molecule has 0 saturated carbocycles. The molecule has 8 heteroatoms. The number of tetrazole rings is 1. The van der Waals surface area contributed by atoms with E-state index in [4.69, 9.17) is 4.74 Å². The molecule has 0 bridgehead atoms. The second-order valence-electron chi connectivity index (χ2n) is 9.92. The van der Waals surface area contributed by atoms with E-state index in [1.807, 2.05) is 80.6 Å². The highest BCUT2D eigenvalue weighted by Crippen LogP contribution is 2.29. The van der Waals surface area contributed by atoms with E-state index >= 15 is 0 Å². The molecule has 0 aliphatic carbocycles. The summed E-state index contributed by atoms with van der Waals surface area (Å²) in [6.45, 7) is 4.34. The summed E-state index contributed by atoms with van der Waals surface area (Å²) in [4.78, 5) is 25.0. The molecule has 1 aromatic heterocycles. The van der Waals surface area contributed by atoms with Gasteiger partial charge in [0.2, 0.25) is 5.82 Å². The van der Waals surface area contributed by atoms with Crippen molar-refractivity contribution in [3.05, 3.63) is 90.0 Å². The molecule has 4 rings (SSSR count). The lowest BCUT2D eigenvalue weighted by Gasteiger charge is -2.20. The Balaban J connectivity index is 1.25. The Morgan fingerprint density at radius 3 is 2.26 bits per heavy atom. The second kappa shape index (κ2) is 14.1. The number of H-pyrrole nitrogens is 1. The molecule has 2 N–H and O–H groups in total. The first-order chi connectivity index (χ1) is 19.0. The third-order valence-corrected chi connectivity index (χ3v) is 6.63.